The monoisotopic (exact) mass is 232 g/mol. The maximum atomic E-state index is 11.6. The Kier molecular flexibility index (Phi) is 2.51. The van der Waals surface area contributed by atoms with Crippen molar-refractivity contribution in [2.24, 2.45) is 0 Å². The molecule has 2 atom stereocenters. The lowest BCUT2D eigenvalue weighted by molar-refractivity contribution is 0.184. The van der Waals surface area contributed by atoms with Crippen molar-refractivity contribution >= 4 is 9.84 Å². The summed E-state index contributed by atoms with van der Waals surface area (Å²) < 4.78 is 27.9. The van der Waals surface area contributed by atoms with E-state index in [4.69, 9.17) is 4.52 Å². The van der Waals surface area contributed by atoms with E-state index in [1.54, 1.807) is 0 Å². The first-order valence-corrected chi connectivity index (χ1v) is 6.45. The first-order valence-electron chi connectivity index (χ1n) is 4.74. The van der Waals surface area contributed by atoms with E-state index in [9.17, 15) is 13.5 Å². The maximum absolute atomic E-state index is 11.6. The minimum Gasteiger partial charge on any atom is -0.385 e. The summed E-state index contributed by atoms with van der Waals surface area (Å²) in [5.41, 5.74) is 0. The van der Waals surface area contributed by atoms with Crippen molar-refractivity contribution in [2.45, 2.75) is 31.1 Å². The minimum atomic E-state index is -3.13. The average molecular weight is 232 g/mol. The van der Waals surface area contributed by atoms with Crippen LogP contribution in [0.15, 0.2) is 4.52 Å². The third-order valence-electron chi connectivity index (χ3n) is 2.44. The predicted molar refractivity (Wildman–Crippen MR) is 50.7 cm³/mol. The molecule has 0 saturated carbocycles. The molecule has 0 aliphatic carbocycles. The van der Waals surface area contributed by atoms with E-state index in [1.165, 1.54) is 6.92 Å². The number of sulfone groups is 1. The molecular weight excluding hydrogens is 220 g/mol. The molecule has 1 aliphatic rings. The quantitative estimate of drug-likeness (QED) is 0.791. The molecule has 7 heteroatoms. The van der Waals surface area contributed by atoms with Crippen LogP contribution in [0.5, 0.6) is 0 Å². The normalized spacial score (nSPS) is 26.7. The fraction of sp³-hybridized carbons (Fsp3) is 0.750. The van der Waals surface area contributed by atoms with Gasteiger partial charge in [-0.05, 0) is 19.8 Å². The Hall–Kier alpha value is -0.950. The van der Waals surface area contributed by atoms with Crippen LogP contribution in [0.3, 0.4) is 0 Å². The topological polar surface area (TPSA) is 93.3 Å². The van der Waals surface area contributed by atoms with Gasteiger partial charge >= 0.3 is 0 Å². The van der Waals surface area contributed by atoms with Crippen LogP contribution < -0.4 is 0 Å². The highest BCUT2D eigenvalue weighted by Crippen LogP contribution is 2.33. The SMILES string of the molecule is CC(O)c1noc(C2CCCS2(=O)=O)n1. The highest BCUT2D eigenvalue weighted by atomic mass is 32.2. The van der Waals surface area contributed by atoms with Crippen LogP contribution in [-0.2, 0) is 9.84 Å². The molecule has 0 spiro atoms. The summed E-state index contributed by atoms with van der Waals surface area (Å²) in [6.45, 7) is 1.50. The molecule has 1 aromatic rings. The van der Waals surface area contributed by atoms with Crippen molar-refractivity contribution in [1.29, 1.82) is 0 Å². The highest BCUT2D eigenvalue weighted by molar-refractivity contribution is 7.91. The van der Waals surface area contributed by atoms with Crippen LogP contribution in [-0.4, -0.2) is 29.4 Å². The van der Waals surface area contributed by atoms with E-state index < -0.39 is 21.2 Å². The number of aromatic nitrogens is 2. The summed E-state index contributed by atoms with van der Waals surface area (Å²) >= 11 is 0. The molecule has 2 unspecified atom stereocenters. The number of hydrogen-bond donors (Lipinski definition) is 1. The van der Waals surface area contributed by atoms with Crippen molar-refractivity contribution in [3.8, 4) is 0 Å². The van der Waals surface area contributed by atoms with E-state index in [0.717, 1.165) is 0 Å². The summed E-state index contributed by atoms with van der Waals surface area (Å²) in [5.74, 6) is 0.403. The molecule has 6 nitrogen and oxygen atoms in total. The van der Waals surface area contributed by atoms with Crippen molar-refractivity contribution in [2.75, 3.05) is 5.75 Å². The number of aliphatic hydroxyl groups is 1. The van der Waals surface area contributed by atoms with Gasteiger partial charge in [0.25, 0.3) is 0 Å². The van der Waals surface area contributed by atoms with Gasteiger partial charge in [0.2, 0.25) is 5.89 Å². The largest absolute Gasteiger partial charge is 0.385 e. The molecule has 1 N–H and O–H groups in total. The summed E-state index contributed by atoms with van der Waals surface area (Å²) in [6, 6.07) is 0. The zero-order chi connectivity index (χ0) is 11.1. The van der Waals surface area contributed by atoms with E-state index in [0.29, 0.717) is 12.8 Å². The molecule has 1 fully saturated rings. The fourth-order valence-corrected chi connectivity index (χ4v) is 3.40. The Labute approximate surface area is 87.2 Å². The second kappa shape index (κ2) is 3.57. The standard InChI is InChI=1S/C8H12N2O4S/c1-5(11)7-9-8(14-10-7)6-3-2-4-15(6,12)13/h5-6,11H,2-4H2,1H3. The molecule has 84 valence electrons. The molecule has 0 aromatic carbocycles. The molecule has 0 bridgehead atoms. The van der Waals surface area contributed by atoms with Gasteiger partial charge in [-0.3, -0.25) is 0 Å². The third-order valence-corrected chi connectivity index (χ3v) is 4.60. The van der Waals surface area contributed by atoms with Crippen molar-refractivity contribution in [3.05, 3.63) is 11.7 Å². The molecular formula is C8H12N2O4S. The van der Waals surface area contributed by atoms with Gasteiger partial charge in [0.1, 0.15) is 11.4 Å². The average Bonchev–Trinajstić information content (AvgIpc) is 2.69. The van der Waals surface area contributed by atoms with Crippen LogP contribution in [0, 0.1) is 0 Å². The summed E-state index contributed by atoms with van der Waals surface area (Å²) in [7, 11) is -3.13. The second-order valence-corrected chi connectivity index (χ2v) is 5.97. The van der Waals surface area contributed by atoms with Gasteiger partial charge < -0.3 is 9.63 Å². The minimum absolute atomic E-state index is 0.100. The molecule has 0 radical (unpaired) electrons. The van der Waals surface area contributed by atoms with Gasteiger partial charge in [-0.15, -0.1) is 0 Å². The van der Waals surface area contributed by atoms with Gasteiger partial charge in [-0.1, -0.05) is 5.16 Å². The van der Waals surface area contributed by atoms with Crippen molar-refractivity contribution in [1.82, 2.24) is 10.1 Å². The zero-order valence-electron chi connectivity index (χ0n) is 8.25. The van der Waals surface area contributed by atoms with Crippen LogP contribution in [0.25, 0.3) is 0 Å². The summed E-state index contributed by atoms with van der Waals surface area (Å²) in [4.78, 5) is 3.88. The lowest BCUT2D eigenvalue weighted by Gasteiger charge is -2.01. The second-order valence-electron chi connectivity index (χ2n) is 3.66. The van der Waals surface area contributed by atoms with E-state index in [-0.39, 0.29) is 17.5 Å². The Bertz CT molecular complexity index is 451. The number of hydrogen-bond acceptors (Lipinski definition) is 6. The molecule has 2 heterocycles. The van der Waals surface area contributed by atoms with Gasteiger partial charge in [0.15, 0.2) is 15.7 Å². The first-order chi connectivity index (χ1) is 7.00. The number of rotatable bonds is 2. The fourth-order valence-electron chi connectivity index (χ4n) is 1.62. The first kappa shape index (κ1) is 10.6. The molecule has 0 amide bonds. The van der Waals surface area contributed by atoms with Gasteiger partial charge in [-0.2, -0.15) is 4.98 Å². The van der Waals surface area contributed by atoms with Crippen LogP contribution >= 0.6 is 0 Å². The van der Waals surface area contributed by atoms with E-state index in [1.807, 2.05) is 0 Å². The predicted octanol–water partition coefficient (Wildman–Crippen LogP) is 0.373. The molecule has 15 heavy (non-hydrogen) atoms. The van der Waals surface area contributed by atoms with Gasteiger partial charge in [0.05, 0.1) is 5.75 Å². The molecule has 1 aromatic heterocycles. The van der Waals surface area contributed by atoms with Crippen LogP contribution in [0.2, 0.25) is 0 Å². The van der Waals surface area contributed by atoms with Gasteiger partial charge in [0, 0.05) is 0 Å². The van der Waals surface area contributed by atoms with E-state index in [2.05, 4.69) is 10.1 Å². The van der Waals surface area contributed by atoms with E-state index >= 15 is 0 Å². The summed E-state index contributed by atoms with van der Waals surface area (Å²) in [5, 5.41) is 12.0. The van der Waals surface area contributed by atoms with Crippen LogP contribution in [0.1, 0.15) is 42.8 Å². The van der Waals surface area contributed by atoms with Crippen LogP contribution in [0.4, 0.5) is 0 Å². The Balaban J connectivity index is 2.30. The van der Waals surface area contributed by atoms with Crippen molar-refractivity contribution in [3.63, 3.8) is 0 Å². The lowest BCUT2D eigenvalue weighted by atomic mass is 10.2. The number of aliphatic hydroxyl groups excluding tert-OH is 1. The molecule has 1 aliphatic heterocycles. The molecule has 1 saturated heterocycles. The van der Waals surface area contributed by atoms with Crippen molar-refractivity contribution < 1.29 is 18.0 Å². The highest BCUT2D eigenvalue weighted by Gasteiger charge is 2.37. The zero-order valence-corrected chi connectivity index (χ0v) is 9.07. The Morgan fingerprint density at radius 3 is 2.80 bits per heavy atom. The Morgan fingerprint density at radius 1 is 1.60 bits per heavy atom. The summed E-state index contributed by atoms with van der Waals surface area (Å²) in [6.07, 6.45) is 0.301. The third kappa shape index (κ3) is 1.89. The van der Waals surface area contributed by atoms with Gasteiger partial charge in [-0.25, -0.2) is 8.42 Å². The maximum Gasteiger partial charge on any atom is 0.245 e. The Morgan fingerprint density at radius 2 is 2.33 bits per heavy atom. The number of nitrogens with zero attached hydrogens (tertiary/aromatic N) is 2. The smallest absolute Gasteiger partial charge is 0.245 e. The molecule has 2 rings (SSSR count). The lowest BCUT2D eigenvalue weighted by Crippen LogP contribution is -2.08.